The lowest BCUT2D eigenvalue weighted by atomic mass is 10.1. The Labute approximate surface area is 218 Å². The number of nitrogens with one attached hydrogen (secondary N) is 3. The molecule has 4 rings (SSSR count). The summed E-state index contributed by atoms with van der Waals surface area (Å²) in [6.07, 6.45) is 4.44. The average Bonchev–Trinajstić information content (AvgIpc) is 3.25. The number of carbonyl (C=O) groups is 1. The van der Waals surface area contributed by atoms with Gasteiger partial charge in [-0.25, -0.2) is 9.97 Å². The molecule has 3 N–H and O–H groups in total. The summed E-state index contributed by atoms with van der Waals surface area (Å²) in [7, 11) is 5.68. The predicted molar refractivity (Wildman–Crippen MR) is 144 cm³/mol. The van der Waals surface area contributed by atoms with Crippen LogP contribution in [-0.4, -0.2) is 64.4 Å². The number of rotatable bonds is 11. The topological polar surface area (TPSA) is 109 Å². The fourth-order valence-electron chi connectivity index (χ4n) is 3.74. The van der Waals surface area contributed by atoms with Gasteiger partial charge in [0.2, 0.25) is 11.9 Å². The highest BCUT2D eigenvalue weighted by Gasteiger charge is 2.17. The van der Waals surface area contributed by atoms with Gasteiger partial charge in [-0.2, -0.15) is 13.9 Å². The molecule has 0 atom stereocenters. The van der Waals surface area contributed by atoms with Crippen molar-refractivity contribution in [2.24, 2.45) is 7.05 Å². The molecule has 2 aromatic carbocycles. The molecule has 38 heavy (non-hydrogen) atoms. The number of benzene rings is 2. The summed E-state index contributed by atoms with van der Waals surface area (Å²) in [4.78, 5) is 22.8. The Morgan fingerprint density at radius 1 is 1.18 bits per heavy atom. The summed E-state index contributed by atoms with van der Waals surface area (Å²) >= 11 is 0. The maximum Gasteiger partial charge on any atom is 0.387 e. The lowest BCUT2D eigenvalue weighted by Gasteiger charge is -2.19. The number of halogens is 2. The molecule has 198 valence electrons. The number of hydrogen-bond acceptors (Lipinski definition) is 8. The minimum atomic E-state index is -3.07. The molecule has 2 aromatic heterocycles. The van der Waals surface area contributed by atoms with E-state index in [2.05, 4.69) is 37.6 Å². The standard InChI is InChI=1S/C26H28F2N8O2/c1-5-24(37)32-20-13-21(23(38-25(27)28)14-19(20)29-10-11-35(2)3)34-26-30-9-8-18(33-26)16-6-7-22-17(12-16)15-31-36(22)4/h5-9,12-15,25,29H,1,10-11H2,2-4H3,(H,32,37)(H,30,33,34). The Morgan fingerprint density at radius 3 is 2.74 bits per heavy atom. The highest BCUT2D eigenvalue weighted by Crippen LogP contribution is 2.37. The third kappa shape index (κ3) is 6.40. The number of anilines is 4. The maximum atomic E-state index is 13.3. The first-order valence-corrected chi connectivity index (χ1v) is 11.7. The first-order chi connectivity index (χ1) is 18.2. The quantitative estimate of drug-likeness (QED) is 0.248. The van der Waals surface area contributed by atoms with Gasteiger partial charge in [0.1, 0.15) is 0 Å². The van der Waals surface area contributed by atoms with Crippen molar-refractivity contribution in [2.45, 2.75) is 6.61 Å². The summed E-state index contributed by atoms with van der Waals surface area (Å²) < 4.78 is 33.2. The fraction of sp³-hybridized carbons (Fsp3) is 0.231. The van der Waals surface area contributed by atoms with Crippen LogP contribution in [0.1, 0.15) is 0 Å². The van der Waals surface area contributed by atoms with Gasteiger partial charge >= 0.3 is 6.61 Å². The van der Waals surface area contributed by atoms with Crippen LogP contribution in [0.25, 0.3) is 22.2 Å². The Kier molecular flexibility index (Phi) is 8.12. The number of nitrogens with zero attached hydrogens (tertiary/aromatic N) is 5. The molecule has 12 heteroatoms. The van der Waals surface area contributed by atoms with Crippen molar-refractivity contribution in [3.05, 3.63) is 61.4 Å². The zero-order chi connectivity index (χ0) is 27.2. The highest BCUT2D eigenvalue weighted by atomic mass is 19.3. The van der Waals surface area contributed by atoms with E-state index in [0.29, 0.717) is 30.2 Å². The lowest BCUT2D eigenvalue weighted by Crippen LogP contribution is -2.21. The second-order valence-electron chi connectivity index (χ2n) is 8.63. The lowest BCUT2D eigenvalue weighted by molar-refractivity contribution is -0.111. The van der Waals surface area contributed by atoms with Gasteiger partial charge in [0, 0.05) is 43.4 Å². The smallest absolute Gasteiger partial charge is 0.387 e. The zero-order valence-corrected chi connectivity index (χ0v) is 21.2. The first-order valence-electron chi connectivity index (χ1n) is 11.7. The van der Waals surface area contributed by atoms with E-state index in [1.807, 2.05) is 44.2 Å². The molecule has 0 radical (unpaired) electrons. The molecule has 0 aliphatic rings. The van der Waals surface area contributed by atoms with Gasteiger partial charge in [-0.3, -0.25) is 9.48 Å². The molecule has 0 fully saturated rings. The summed E-state index contributed by atoms with van der Waals surface area (Å²) in [6.45, 7) is 1.57. The second kappa shape index (κ2) is 11.6. The van der Waals surface area contributed by atoms with Gasteiger partial charge in [-0.1, -0.05) is 12.6 Å². The molecular formula is C26H28F2N8O2. The SMILES string of the molecule is C=CC(=O)Nc1cc(Nc2nccc(-c3ccc4c(cnn4C)c3)n2)c(OC(F)F)cc1NCCN(C)C. The third-order valence-electron chi connectivity index (χ3n) is 5.60. The van der Waals surface area contributed by atoms with Gasteiger partial charge in [-0.05, 0) is 44.4 Å². The molecule has 0 spiro atoms. The molecule has 0 bridgehead atoms. The minimum absolute atomic E-state index is 0.141. The van der Waals surface area contributed by atoms with Gasteiger partial charge in [0.15, 0.2) is 5.75 Å². The Morgan fingerprint density at radius 2 is 2.00 bits per heavy atom. The summed E-state index contributed by atoms with van der Waals surface area (Å²) in [5, 5.41) is 14.0. The van der Waals surface area contributed by atoms with Gasteiger partial charge < -0.3 is 25.6 Å². The number of carbonyl (C=O) groups excluding carboxylic acids is 1. The van der Waals surface area contributed by atoms with Crippen LogP contribution in [0, 0.1) is 0 Å². The zero-order valence-electron chi connectivity index (χ0n) is 21.2. The molecule has 0 saturated heterocycles. The number of aryl methyl sites for hydroxylation is 1. The molecule has 0 aliphatic heterocycles. The van der Waals surface area contributed by atoms with E-state index >= 15 is 0 Å². The molecule has 4 aromatic rings. The van der Waals surface area contributed by atoms with Crippen LogP contribution < -0.4 is 20.7 Å². The highest BCUT2D eigenvalue weighted by molar-refractivity contribution is 6.02. The van der Waals surface area contributed by atoms with Crippen LogP contribution >= 0.6 is 0 Å². The van der Waals surface area contributed by atoms with Crippen molar-refractivity contribution in [3.63, 3.8) is 0 Å². The molecule has 0 unspecified atom stereocenters. The van der Waals surface area contributed by atoms with E-state index in [9.17, 15) is 13.6 Å². The molecule has 2 heterocycles. The number of likely N-dealkylation sites (N-methyl/N-ethyl adjacent to an activating group) is 1. The van der Waals surface area contributed by atoms with E-state index in [-0.39, 0.29) is 17.4 Å². The van der Waals surface area contributed by atoms with E-state index in [0.717, 1.165) is 22.5 Å². The number of fused-ring (bicyclic) bond motifs is 1. The van der Waals surface area contributed by atoms with E-state index in [1.54, 1.807) is 23.1 Å². The number of alkyl halides is 2. The van der Waals surface area contributed by atoms with E-state index < -0.39 is 12.5 Å². The molecule has 0 saturated carbocycles. The van der Waals surface area contributed by atoms with Crippen molar-refractivity contribution >= 4 is 39.8 Å². The Balaban J connectivity index is 1.68. The van der Waals surface area contributed by atoms with Crippen LogP contribution in [0.3, 0.4) is 0 Å². The molecular weight excluding hydrogens is 494 g/mol. The predicted octanol–water partition coefficient (Wildman–Crippen LogP) is 4.47. The van der Waals surface area contributed by atoms with Crippen LogP contribution in [0.2, 0.25) is 0 Å². The number of amides is 1. The second-order valence-corrected chi connectivity index (χ2v) is 8.63. The number of hydrogen-bond donors (Lipinski definition) is 3. The Bertz CT molecular complexity index is 1450. The maximum absolute atomic E-state index is 13.3. The third-order valence-corrected chi connectivity index (χ3v) is 5.60. The van der Waals surface area contributed by atoms with Crippen molar-refractivity contribution in [3.8, 4) is 17.0 Å². The normalized spacial score (nSPS) is 11.1. The van der Waals surface area contributed by atoms with Gasteiger partial charge in [-0.15, -0.1) is 0 Å². The molecule has 0 aliphatic carbocycles. The van der Waals surface area contributed by atoms with Crippen molar-refractivity contribution in [2.75, 3.05) is 43.1 Å². The van der Waals surface area contributed by atoms with Crippen molar-refractivity contribution in [1.82, 2.24) is 24.6 Å². The monoisotopic (exact) mass is 522 g/mol. The first kappa shape index (κ1) is 26.5. The van der Waals surface area contributed by atoms with Crippen LogP contribution in [0.5, 0.6) is 5.75 Å². The van der Waals surface area contributed by atoms with Crippen molar-refractivity contribution in [1.29, 1.82) is 0 Å². The average molecular weight is 523 g/mol. The van der Waals surface area contributed by atoms with E-state index in [4.69, 9.17) is 4.74 Å². The summed E-state index contributed by atoms with van der Waals surface area (Å²) in [5.41, 5.74) is 3.32. The van der Waals surface area contributed by atoms with Crippen LogP contribution in [0.15, 0.2) is 61.4 Å². The molecule has 10 nitrogen and oxygen atoms in total. The summed E-state index contributed by atoms with van der Waals surface area (Å²) in [5.74, 6) is -0.449. The Hall–Kier alpha value is -4.58. The number of aromatic nitrogens is 4. The molecule has 1 amide bonds. The summed E-state index contributed by atoms with van der Waals surface area (Å²) in [6, 6.07) is 10.4. The van der Waals surface area contributed by atoms with Crippen LogP contribution in [-0.2, 0) is 11.8 Å². The van der Waals surface area contributed by atoms with Gasteiger partial charge in [0.25, 0.3) is 0 Å². The van der Waals surface area contributed by atoms with Crippen molar-refractivity contribution < 1.29 is 18.3 Å². The largest absolute Gasteiger partial charge is 0.433 e. The van der Waals surface area contributed by atoms with Gasteiger partial charge in [0.05, 0.1) is 34.5 Å². The fourth-order valence-corrected chi connectivity index (χ4v) is 3.74. The van der Waals surface area contributed by atoms with Crippen LogP contribution in [0.4, 0.5) is 31.8 Å². The van der Waals surface area contributed by atoms with E-state index in [1.165, 1.54) is 12.1 Å². The number of ether oxygens (including phenoxy) is 1. The minimum Gasteiger partial charge on any atom is -0.433 e.